The van der Waals surface area contributed by atoms with E-state index in [2.05, 4.69) is 34.5 Å². The number of hydrogen-bond donors (Lipinski definition) is 1. The Bertz CT molecular complexity index is 626. The summed E-state index contributed by atoms with van der Waals surface area (Å²) in [7, 11) is 0. The largest absolute Gasteiger partial charge is 0.355 e. The van der Waals surface area contributed by atoms with Gasteiger partial charge in [-0.05, 0) is 25.7 Å². The van der Waals surface area contributed by atoms with E-state index in [-0.39, 0.29) is 11.8 Å². The van der Waals surface area contributed by atoms with Gasteiger partial charge in [-0.15, -0.1) is 10.2 Å². The third kappa shape index (κ3) is 3.07. The normalized spacial score (nSPS) is 15.0. The van der Waals surface area contributed by atoms with E-state index in [1.54, 1.807) is 11.3 Å². The van der Waals surface area contributed by atoms with Gasteiger partial charge in [0.2, 0.25) is 10.9 Å². The fourth-order valence-electron chi connectivity index (χ4n) is 2.47. The van der Waals surface area contributed by atoms with Crippen molar-refractivity contribution in [1.29, 1.82) is 0 Å². The van der Waals surface area contributed by atoms with E-state index < -0.39 is 0 Å². The first-order valence-electron chi connectivity index (χ1n) is 7.71. The maximum Gasteiger partial charge on any atom is 0.234 e. The van der Waals surface area contributed by atoms with Crippen LogP contribution in [0.5, 0.6) is 0 Å². The molecule has 1 aliphatic carbocycles. The Kier molecular flexibility index (Phi) is 4.19. The predicted octanol–water partition coefficient (Wildman–Crippen LogP) is 2.16. The number of rotatable bonds is 7. The van der Waals surface area contributed by atoms with Crippen molar-refractivity contribution in [2.45, 2.75) is 51.9 Å². The summed E-state index contributed by atoms with van der Waals surface area (Å²) in [6.45, 7) is 4.74. The number of amides is 1. The highest BCUT2D eigenvalue weighted by atomic mass is 32.1. The van der Waals surface area contributed by atoms with E-state index in [1.165, 1.54) is 12.8 Å². The molecule has 0 bridgehead atoms. The summed E-state index contributed by atoms with van der Waals surface area (Å²) in [4.78, 5) is 12.8. The lowest BCUT2D eigenvalue weighted by Gasteiger charge is -2.11. The van der Waals surface area contributed by atoms with E-state index in [0.29, 0.717) is 12.5 Å². The average molecular weight is 307 g/mol. The van der Waals surface area contributed by atoms with Gasteiger partial charge in [-0.1, -0.05) is 25.2 Å². The zero-order chi connectivity index (χ0) is 14.8. The Labute approximate surface area is 128 Å². The first-order chi connectivity index (χ1) is 10.2. The maximum absolute atomic E-state index is 11.9. The van der Waals surface area contributed by atoms with Crippen LogP contribution in [0.3, 0.4) is 0 Å². The van der Waals surface area contributed by atoms with Crippen LogP contribution >= 0.6 is 11.3 Å². The summed E-state index contributed by atoms with van der Waals surface area (Å²) in [6.07, 6.45) is 4.93. The molecule has 0 atom stereocenters. The van der Waals surface area contributed by atoms with E-state index in [1.807, 2.05) is 4.52 Å². The van der Waals surface area contributed by atoms with Crippen LogP contribution in [0.4, 0.5) is 0 Å². The summed E-state index contributed by atoms with van der Waals surface area (Å²) < 4.78 is 1.88. The van der Waals surface area contributed by atoms with Gasteiger partial charge in [0.1, 0.15) is 5.01 Å². The maximum atomic E-state index is 11.9. The summed E-state index contributed by atoms with van der Waals surface area (Å²) in [5.74, 6) is 1.82. The van der Waals surface area contributed by atoms with Crippen LogP contribution in [0, 0.1) is 5.92 Å². The summed E-state index contributed by atoms with van der Waals surface area (Å²) in [5.41, 5.74) is 0. The van der Waals surface area contributed by atoms with Crippen molar-refractivity contribution in [1.82, 2.24) is 25.1 Å². The molecule has 1 amide bonds. The molecule has 2 aromatic rings. The quantitative estimate of drug-likeness (QED) is 0.851. The Hall–Kier alpha value is -1.50. The lowest BCUT2D eigenvalue weighted by molar-refractivity contribution is -0.125. The fourth-order valence-corrected chi connectivity index (χ4v) is 3.31. The first-order valence-corrected chi connectivity index (χ1v) is 8.53. The summed E-state index contributed by atoms with van der Waals surface area (Å²) >= 11 is 1.56. The van der Waals surface area contributed by atoms with Gasteiger partial charge in [-0.2, -0.15) is 9.61 Å². The summed E-state index contributed by atoms with van der Waals surface area (Å²) in [5, 5.41) is 17.0. The van der Waals surface area contributed by atoms with Crippen LogP contribution in [-0.4, -0.2) is 32.3 Å². The molecule has 114 valence electrons. The number of nitrogens with zero attached hydrogens (tertiary/aromatic N) is 4. The van der Waals surface area contributed by atoms with Gasteiger partial charge in [0.15, 0.2) is 5.82 Å². The Balaban J connectivity index is 1.57. The standard InChI is InChI=1S/C14H21N5OS/c1-3-9(4-2)13(20)15-8-7-11-18-19-12(10-5-6-10)16-17-14(19)21-11/h9-10H,3-8H2,1-2H3,(H,15,20). The highest BCUT2D eigenvalue weighted by Gasteiger charge is 2.30. The van der Waals surface area contributed by atoms with Gasteiger partial charge in [-0.3, -0.25) is 4.79 Å². The first kappa shape index (κ1) is 14.4. The molecule has 0 radical (unpaired) electrons. The second-order valence-corrected chi connectivity index (χ2v) is 6.62. The zero-order valence-electron chi connectivity index (χ0n) is 12.5. The van der Waals surface area contributed by atoms with Crippen molar-refractivity contribution in [3.05, 3.63) is 10.8 Å². The van der Waals surface area contributed by atoms with Crippen molar-refractivity contribution in [2.75, 3.05) is 6.54 Å². The molecule has 1 N–H and O–H groups in total. The number of carbonyl (C=O) groups excluding carboxylic acids is 1. The molecule has 0 spiro atoms. The third-order valence-corrected chi connectivity index (χ3v) is 4.95. The average Bonchev–Trinajstić information content (AvgIpc) is 3.11. The molecule has 7 heteroatoms. The SMILES string of the molecule is CCC(CC)C(=O)NCCc1nn2c(C3CC3)nnc2s1. The predicted molar refractivity (Wildman–Crippen MR) is 81.4 cm³/mol. The topological polar surface area (TPSA) is 72.2 Å². The highest BCUT2D eigenvalue weighted by Crippen LogP contribution is 2.39. The molecule has 1 fully saturated rings. The molecule has 0 aliphatic heterocycles. The van der Waals surface area contributed by atoms with Crippen LogP contribution < -0.4 is 5.32 Å². The van der Waals surface area contributed by atoms with Crippen LogP contribution in [0.25, 0.3) is 4.96 Å². The van der Waals surface area contributed by atoms with E-state index in [9.17, 15) is 4.79 Å². The molecule has 6 nitrogen and oxygen atoms in total. The Morgan fingerprint density at radius 1 is 1.38 bits per heavy atom. The monoisotopic (exact) mass is 307 g/mol. The summed E-state index contributed by atoms with van der Waals surface area (Å²) in [6, 6.07) is 0. The smallest absolute Gasteiger partial charge is 0.234 e. The van der Waals surface area contributed by atoms with Crippen molar-refractivity contribution in [3.63, 3.8) is 0 Å². The minimum Gasteiger partial charge on any atom is -0.355 e. The lowest BCUT2D eigenvalue weighted by Crippen LogP contribution is -2.31. The van der Waals surface area contributed by atoms with Gasteiger partial charge >= 0.3 is 0 Å². The fraction of sp³-hybridized carbons (Fsp3) is 0.714. The highest BCUT2D eigenvalue weighted by molar-refractivity contribution is 7.16. The molecule has 3 rings (SSSR count). The van der Waals surface area contributed by atoms with Crippen LogP contribution in [0.15, 0.2) is 0 Å². The molecular formula is C14H21N5OS. The number of aromatic nitrogens is 4. The van der Waals surface area contributed by atoms with Crippen molar-refractivity contribution >= 4 is 22.2 Å². The van der Waals surface area contributed by atoms with E-state index in [4.69, 9.17) is 0 Å². The second kappa shape index (κ2) is 6.09. The zero-order valence-corrected chi connectivity index (χ0v) is 13.3. The Morgan fingerprint density at radius 3 is 2.81 bits per heavy atom. The molecule has 0 unspecified atom stereocenters. The molecule has 21 heavy (non-hydrogen) atoms. The van der Waals surface area contributed by atoms with Gasteiger partial charge < -0.3 is 5.32 Å². The number of fused-ring (bicyclic) bond motifs is 1. The van der Waals surface area contributed by atoms with Gasteiger partial charge in [0.05, 0.1) is 0 Å². The Morgan fingerprint density at radius 2 is 2.14 bits per heavy atom. The number of nitrogens with one attached hydrogen (secondary N) is 1. The minimum atomic E-state index is 0.129. The molecule has 2 heterocycles. The van der Waals surface area contributed by atoms with Crippen molar-refractivity contribution < 1.29 is 4.79 Å². The minimum absolute atomic E-state index is 0.129. The van der Waals surface area contributed by atoms with E-state index in [0.717, 1.165) is 35.1 Å². The molecule has 2 aromatic heterocycles. The molecule has 1 saturated carbocycles. The third-order valence-electron chi connectivity index (χ3n) is 3.99. The van der Waals surface area contributed by atoms with Gasteiger partial charge in [-0.25, -0.2) is 0 Å². The van der Waals surface area contributed by atoms with E-state index >= 15 is 0 Å². The van der Waals surface area contributed by atoms with Crippen LogP contribution in [0.1, 0.15) is 56.3 Å². The molecule has 1 aliphatic rings. The molecule has 0 aromatic carbocycles. The molecular weight excluding hydrogens is 286 g/mol. The van der Waals surface area contributed by atoms with Crippen molar-refractivity contribution in [3.8, 4) is 0 Å². The van der Waals surface area contributed by atoms with Crippen LogP contribution in [0.2, 0.25) is 0 Å². The lowest BCUT2D eigenvalue weighted by atomic mass is 10.0. The second-order valence-electron chi connectivity index (χ2n) is 5.58. The number of carbonyl (C=O) groups is 1. The van der Waals surface area contributed by atoms with Gasteiger partial charge in [0.25, 0.3) is 0 Å². The number of hydrogen-bond acceptors (Lipinski definition) is 5. The van der Waals surface area contributed by atoms with Gasteiger partial charge in [0, 0.05) is 24.8 Å². The van der Waals surface area contributed by atoms with Crippen molar-refractivity contribution in [2.24, 2.45) is 5.92 Å². The van der Waals surface area contributed by atoms with Crippen LogP contribution in [-0.2, 0) is 11.2 Å². The molecule has 0 saturated heterocycles.